The van der Waals surface area contributed by atoms with Crippen LogP contribution in [0.5, 0.6) is 0 Å². The Hall–Kier alpha value is -1.39. The highest BCUT2D eigenvalue weighted by molar-refractivity contribution is 5.94. The summed E-state index contributed by atoms with van der Waals surface area (Å²) in [5, 5.41) is 15.7. The summed E-state index contributed by atoms with van der Waals surface area (Å²) in [4.78, 5) is 21.8. The van der Waals surface area contributed by atoms with Crippen molar-refractivity contribution in [2.45, 2.75) is 12.5 Å². The minimum Gasteiger partial charge on any atom is -0.480 e. The number of carboxylic acid groups (broad SMARTS) is 1. The molecule has 0 bridgehead atoms. The van der Waals surface area contributed by atoms with E-state index in [1.54, 1.807) is 0 Å². The summed E-state index contributed by atoms with van der Waals surface area (Å²) in [5.74, 6) is -1.04. The Kier molecular flexibility index (Phi) is 1.89. The molecule has 1 aliphatic heterocycles. The fourth-order valence-electron chi connectivity index (χ4n) is 1.09. The van der Waals surface area contributed by atoms with E-state index in [0.29, 0.717) is 12.1 Å². The predicted molar refractivity (Wildman–Crippen MR) is 36.5 cm³/mol. The van der Waals surface area contributed by atoms with Crippen LogP contribution in [0.15, 0.2) is 0 Å². The molecular weight excluding hydrogens is 148 g/mol. The van der Waals surface area contributed by atoms with Crippen molar-refractivity contribution in [1.82, 2.24) is 4.90 Å². The van der Waals surface area contributed by atoms with Crippen molar-refractivity contribution >= 4 is 18.1 Å². The third kappa shape index (κ3) is 1.36. The molecule has 11 heavy (non-hydrogen) atoms. The predicted octanol–water partition coefficient (Wildman–Crippen LogP) is -0.679. The molecular formula is C6H8N2O3. The number of rotatable bonds is 2. The first-order chi connectivity index (χ1) is 5.15. The second-order valence-corrected chi connectivity index (χ2v) is 2.44. The molecule has 0 aromatic rings. The van der Waals surface area contributed by atoms with Gasteiger partial charge in [0, 0.05) is 12.1 Å². The number of aliphatic carboxylic acids is 1. The van der Waals surface area contributed by atoms with Crippen LogP contribution in [-0.4, -0.2) is 40.7 Å². The van der Waals surface area contributed by atoms with Crippen LogP contribution >= 0.6 is 0 Å². The van der Waals surface area contributed by atoms with Crippen LogP contribution in [0.25, 0.3) is 0 Å². The van der Waals surface area contributed by atoms with Gasteiger partial charge in [-0.25, -0.2) is 4.79 Å². The Morgan fingerprint density at radius 3 is 2.82 bits per heavy atom. The highest BCUT2D eigenvalue weighted by Crippen LogP contribution is 2.11. The average molecular weight is 156 g/mol. The van der Waals surface area contributed by atoms with Crippen LogP contribution in [0, 0.1) is 5.41 Å². The summed E-state index contributed by atoms with van der Waals surface area (Å²) in [6.07, 6.45) is 0.633. The molecule has 0 unspecified atom stereocenters. The quantitative estimate of drug-likeness (QED) is 0.520. The van der Waals surface area contributed by atoms with Gasteiger partial charge in [-0.3, -0.25) is 4.79 Å². The van der Waals surface area contributed by atoms with Crippen molar-refractivity contribution < 1.29 is 14.7 Å². The lowest BCUT2D eigenvalue weighted by Crippen LogP contribution is -2.34. The molecule has 0 aliphatic carbocycles. The second kappa shape index (κ2) is 2.69. The summed E-state index contributed by atoms with van der Waals surface area (Å²) in [5.41, 5.74) is 0.296. The summed E-state index contributed by atoms with van der Waals surface area (Å²) < 4.78 is 0. The van der Waals surface area contributed by atoms with Crippen molar-refractivity contribution in [3.8, 4) is 0 Å². The Morgan fingerprint density at radius 2 is 2.45 bits per heavy atom. The molecule has 1 atom stereocenters. The molecule has 1 saturated heterocycles. The van der Waals surface area contributed by atoms with E-state index in [0.717, 1.165) is 4.90 Å². The van der Waals surface area contributed by atoms with Gasteiger partial charge in [0.1, 0.15) is 6.04 Å². The zero-order valence-electron chi connectivity index (χ0n) is 5.78. The normalized spacial score (nSPS) is 23.8. The van der Waals surface area contributed by atoms with Crippen molar-refractivity contribution in [3.05, 3.63) is 0 Å². The molecule has 0 saturated carbocycles. The third-order valence-corrected chi connectivity index (χ3v) is 1.63. The van der Waals surface area contributed by atoms with E-state index in [1.165, 1.54) is 0 Å². The molecule has 0 aromatic carbocycles. The maximum absolute atomic E-state index is 10.4. The Bertz CT molecular complexity index is 214. The number of hydrogen-bond acceptors (Lipinski definition) is 3. The van der Waals surface area contributed by atoms with Gasteiger partial charge in [0.05, 0.1) is 6.54 Å². The van der Waals surface area contributed by atoms with E-state index in [-0.39, 0.29) is 13.0 Å². The second-order valence-electron chi connectivity index (χ2n) is 2.44. The van der Waals surface area contributed by atoms with Gasteiger partial charge in [-0.1, -0.05) is 0 Å². The summed E-state index contributed by atoms with van der Waals surface area (Å²) in [6.45, 7) is 0.153. The van der Waals surface area contributed by atoms with Gasteiger partial charge >= 0.3 is 5.97 Å². The first-order valence-corrected chi connectivity index (χ1v) is 3.15. The molecule has 5 nitrogen and oxygen atoms in total. The maximum Gasteiger partial charge on any atom is 0.326 e. The largest absolute Gasteiger partial charge is 0.480 e. The lowest BCUT2D eigenvalue weighted by atomic mass is 10.2. The Labute approximate surface area is 63.1 Å². The van der Waals surface area contributed by atoms with E-state index in [4.69, 9.17) is 10.5 Å². The van der Waals surface area contributed by atoms with Gasteiger partial charge in [0.15, 0.2) is 0 Å². The molecule has 1 rings (SSSR count). The van der Waals surface area contributed by atoms with E-state index in [1.807, 2.05) is 0 Å². The van der Waals surface area contributed by atoms with Gasteiger partial charge in [-0.2, -0.15) is 0 Å². The van der Waals surface area contributed by atoms with Gasteiger partial charge in [-0.05, 0) is 0 Å². The smallest absolute Gasteiger partial charge is 0.326 e. The number of likely N-dealkylation sites (tertiary alicyclic amines) is 1. The molecule has 2 N–H and O–H groups in total. The molecule has 1 fully saturated rings. The van der Waals surface area contributed by atoms with Crippen LogP contribution in [0.4, 0.5) is 0 Å². The highest BCUT2D eigenvalue weighted by atomic mass is 16.4. The highest BCUT2D eigenvalue weighted by Gasteiger charge is 2.32. The van der Waals surface area contributed by atoms with Crippen molar-refractivity contribution in [2.75, 3.05) is 6.54 Å². The fourth-order valence-corrected chi connectivity index (χ4v) is 1.09. The molecule has 5 heteroatoms. The lowest BCUT2D eigenvalue weighted by Gasteiger charge is -2.13. The average Bonchev–Trinajstić information content (AvgIpc) is 2.30. The minimum atomic E-state index is -1.04. The third-order valence-electron chi connectivity index (χ3n) is 1.63. The molecule has 0 spiro atoms. The minimum absolute atomic E-state index is 0.153. The number of hydrogen-bond donors (Lipinski definition) is 2. The van der Waals surface area contributed by atoms with Crippen LogP contribution in [0.3, 0.4) is 0 Å². The molecule has 1 amide bonds. The van der Waals surface area contributed by atoms with Crippen LogP contribution in [0.2, 0.25) is 0 Å². The number of carbonyl (C=O) groups is 2. The number of carbonyl (C=O) groups excluding carboxylic acids is 1. The van der Waals surface area contributed by atoms with Crippen LogP contribution in [0.1, 0.15) is 6.42 Å². The monoisotopic (exact) mass is 156 g/mol. The zero-order chi connectivity index (χ0) is 8.43. The SMILES string of the molecule is N=C1C[C@@H](C(=O)O)N(C=O)C1. The first kappa shape index (κ1) is 7.71. The molecule has 0 aromatic heterocycles. The number of amides is 1. The fraction of sp³-hybridized carbons (Fsp3) is 0.500. The van der Waals surface area contributed by atoms with E-state index >= 15 is 0 Å². The van der Waals surface area contributed by atoms with Crippen molar-refractivity contribution in [1.29, 1.82) is 5.41 Å². The topological polar surface area (TPSA) is 81.5 Å². The summed E-state index contributed by atoms with van der Waals surface area (Å²) in [7, 11) is 0. The Balaban J connectivity index is 2.72. The summed E-state index contributed by atoms with van der Waals surface area (Å²) >= 11 is 0. The number of nitrogens with zero attached hydrogens (tertiary/aromatic N) is 1. The molecule has 1 heterocycles. The van der Waals surface area contributed by atoms with E-state index in [2.05, 4.69) is 0 Å². The standard InChI is InChI=1S/C6H8N2O3/c7-4-1-5(6(10)11)8(2-4)3-9/h3,5,7H,1-2H2,(H,10,11)/t5-/m0/s1. The van der Waals surface area contributed by atoms with Crippen molar-refractivity contribution in [2.24, 2.45) is 0 Å². The Morgan fingerprint density at radius 1 is 1.82 bits per heavy atom. The maximum atomic E-state index is 10.4. The van der Waals surface area contributed by atoms with Gasteiger partial charge < -0.3 is 15.4 Å². The van der Waals surface area contributed by atoms with Crippen molar-refractivity contribution in [3.63, 3.8) is 0 Å². The number of carboxylic acids is 1. The van der Waals surface area contributed by atoms with Crippen LogP contribution in [-0.2, 0) is 9.59 Å². The zero-order valence-corrected chi connectivity index (χ0v) is 5.78. The molecule has 1 aliphatic rings. The van der Waals surface area contributed by atoms with Gasteiger partial charge in [0.25, 0.3) is 0 Å². The van der Waals surface area contributed by atoms with Gasteiger partial charge in [-0.15, -0.1) is 0 Å². The lowest BCUT2D eigenvalue weighted by molar-refractivity contribution is -0.144. The molecule has 0 radical (unpaired) electrons. The molecule has 60 valence electrons. The summed E-state index contributed by atoms with van der Waals surface area (Å²) in [6, 6.07) is -0.819. The van der Waals surface area contributed by atoms with E-state index < -0.39 is 12.0 Å². The first-order valence-electron chi connectivity index (χ1n) is 3.15. The number of nitrogens with one attached hydrogen (secondary N) is 1. The van der Waals surface area contributed by atoms with E-state index in [9.17, 15) is 9.59 Å². The van der Waals surface area contributed by atoms with Crippen LogP contribution < -0.4 is 0 Å². The van der Waals surface area contributed by atoms with Gasteiger partial charge in [0.2, 0.25) is 6.41 Å².